The number of anilines is 3. The van der Waals surface area contributed by atoms with Gasteiger partial charge in [-0.1, -0.05) is 41.9 Å². The van der Waals surface area contributed by atoms with Gasteiger partial charge < -0.3 is 15.4 Å². The number of nitrogens with one attached hydrogen (secondary N) is 3. The van der Waals surface area contributed by atoms with Crippen molar-refractivity contribution in [1.29, 1.82) is 5.26 Å². The molecule has 1 aromatic heterocycles. The maximum atomic E-state index is 12.5. The van der Waals surface area contributed by atoms with Gasteiger partial charge in [0.1, 0.15) is 17.4 Å². The van der Waals surface area contributed by atoms with Gasteiger partial charge >= 0.3 is 0 Å². The fraction of sp³-hybridized carbons (Fsp3) is 0.0400. The first-order valence-electron chi connectivity index (χ1n) is 10.2. The van der Waals surface area contributed by atoms with Gasteiger partial charge in [-0.2, -0.15) is 5.26 Å². The van der Waals surface area contributed by atoms with E-state index in [9.17, 15) is 14.9 Å². The molecule has 1 amide bonds. The van der Waals surface area contributed by atoms with Crippen LogP contribution >= 0.6 is 11.6 Å². The Labute approximate surface area is 199 Å². The molecule has 0 radical (unpaired) electrons. The van der Waals surface area contributed by atoms with Crippen LogP contribution in [0.2, 0.25) is 5.02 Å². The SMILES string of the molecule is N#Cc1c(-c2cccc(NC(=O)COc3ccccc3)c2)nc(Nc2ccc(Cl)cc2)[nH]c1=O. The number of carbonyl (C=O) groups is 1. The molecule has 3 N–H and O–H groups in total. The van der Waals surface area contributed by atoms with Crippen molar-refractivity contribution in [2.75, 3.05) is 17.2 Å². The van der Waals surface area contributed by atoms with E-state index in [1.54, 1.807) is 60.7 Å². The molecular formula is C25H18ClN5O3. The summed E-state index contributed by atoms with van der Waals surface area (Å²) in [6.07, 6.45) is 0. The van der Waals surface area contributed by atoms with Gasteiger partial charge in [0.25, 0.3) is 11.5 Å². The number of ether oxygens (including phenoxy) is 1. The van der Waals surface area contributed by atoms with Crippen LogP contribution in [-0.4, -0.2) is 22.5 Å². The first kappa shape index (κ1) is 22.6. The highest BCUT2D eigenvalue weighted by Crippen LogP contribution is 2.24. The molecule has 1 heterocycles. The number of hydrogen-bond donors (Lipinski definition) is 3. The van der Waals surface area contributed by atoms with Gasteiger partial charge in [-0.15, -0.1) is 0 Å². The molecule has 0 fully saturated rings. The molecule has 0 saturated carbocycles. The van der Waals surface area contributed by atoms with Crippen molar-refractivity contribution >= 4 is 34.8 Å². The minimum atomic E-state index is -0.588. The van der Waals surface area contributed by atoms with E-state index in [0.29, 0.717) is 27.7 Å². The summed E-state index contributed by atoms with van der Waals surface area (Å²) in [6.45, 7) is -0.171. The highest BCUT2D eigenvalue weighted by atomic mass is 35.5. The van der Waals surface area contributed by atoms with Crippen molar-refractivity contribution in [3.05, 3.63) is 99.8 Å². The Hall–Kier alpha value is -4.61. The number of nitriles is 1. The lowest BCUT2D eigenvalue weighted by Gasteiger charge is -2.11. The number of carbonyl (C=O) groups excluding carboxylic acids is 1. The highest BCUT2D eigenvalue weighted by molar-refractivity contribution is 6.30. The largest absolute Gasteiger partial charge is 0.484 e. The Balaban J connectivity index is 1.56. The average Bonchev–Trinajstić information content (AvgIpc) is 2.85. The van der Waals surface area contributed by atoms with Crippen LogP contribution in [-0.2, 0) is 4.79 Å². The number of hydrogen-bond acceptors (Lipinski definition) is 6. The topological polar surface area (TPSA) is 120 Å². The molecule has 8 nitrogen and oxygen atoms in total. The number of para-hydroxylation sites is 1. The van der Waals surface area contributed by atoms with Crippen LogP contribution in [0.25, 0.3) is 11.3 Å². The standard InChI is InChI=1S/C25H18ClN5O3/c26-17-9-11-18(12-10-17)29-25-30-23(21(14-27)24(33)31-25)16-5-4-6-19(13-16)28-22(32)15-34-20-7-2-1-3-8-20/h1-13H,15H2,(H,28,32)(H2,29,30,31,33). The summed E-state index contributed by atoms with van der Waals surface area (Å²) in [4.78, 5) is 31.8. The molecule has 4 aromatic rings. The van der Waals surface area contributed by atoms with E-state index in [0.717, 1.165) is 0 Å². The molecule has 0 aliphatic carbocycles. The summed E-state index contributed by atoms with van der Waals surface area (Å²) < 4.78 is 5.46. The minimum absolute atomic E-state index is 0.141. The molecule has 0 bridgehead atoms. The lowest BCUT2D eigenvalue weighted by Crippen LogP contribution is -2.20. The van der Waals surface area contributed by atoms with Crippen LogP contribution in [0.5, 0.6) is 5.75 Å². The summed E-state index contributed by atoms with van der Waals surface area (Å²) in [5, 5.41) is 15.8. The molecule has 168 valence electrons. The molecule has 0 aliphatic heterocycles. The van der Waals surface area contributed by atoms with Gasteiger partial charge in [0.2, 0.25) is 5.95 Å². The van der Waals surface area contributed by atoms with Gasteiger partial charge in [0.05, 0.1) is 5.69 Å². The summed E-state index contributed by atoms with van der Waals surface area (Å²) >= 11 is 5.91. The van der Waals surface area contributed by atoms with Crippen molar-refractivity contribution in [2.45, 2.75) is 0 Å². The van der Waals surface area contributed by atoms with E-state index in [1.165, 1.54) is 0 Å². The van der Waals surface area contributed by atoms with E-state index in [1.807, 2.05) is 24.3 Å². The number of aromatic amines is 1. The third-order valence-electron chi connectivity index (χ3n) is 4.67. The average molecular weight is 472 g/mol. The fourth-order valence-corrected chi connectivity index (χ4v) is 3.25. The fourth-order valence-electron chi connectivity index (χ4n) is 3.12. The third kappa shape index (κ3) is 5.59. The summed E-state index contributed by atoms with van der Waals surface area (Å²) in [5.74, 6) is 0.385. The number of rotatable bonds is 7. The zero-order valence-corrected chi connectivity index (χ0v) is 18.5. The lowest BCUT2D eigenvalue weighted by molar-refractivity contribution is -0.118. The first-order valence-corrected chi connectivity index (χ1v) is 10.5. The van der Waals surface area contributed by atoms with Crippen LogP contribution in [0, 0.1) is 11.3 Å². The van der Waals surface area contributed by atoms with Gasteiger partial charge in [0, 0.05) is 22.0 Å². The second-order valence-corrected chi connectivity index (χ2v) is 7.55. The Kier molecular flexibility index (Phi) is 6.87. The Morgan fingerprint density at radius 3 is 2.53 bits per heavy atom. The number of aromatic nitrogens is 2. The molecule has 0 aliphatic rings. The molecule has 0 saturated heterocycles. The predicted molar refractivity (Wildman–Crippen MR) is 130 cm³/mol. The summed E-state index contributed by atoms with van der Waals surface area (Å²) in [7, 11) is 0. The van der Waals surface area contributed by atoms with E-state index < -0.39 is 5.56 Å². The number of H-pyrrole nitrogens is 1. The van der Waals surface area contributed by atoms with Crippen molar-refractivity contribution < 1.29 is 9.53 Å². The monoisotopic (exact) mass is 471 g/mol. The van der Waals surface area contributed by atoms with Crippen molar-refractivity contribution in [2.24, 2.45) is 0 Å². The lowest BCUT2D eigenvalue weighted by atomic mass is 10.1. The molecule has 0 atom stereocenters. The highest BCUT2D eigenvalue weighted by Gasteiger charge is 2.15. The maximum Gasteiger partial charge on any atom is 0.270 e. The second kappa shape index (κ2) is 10.3. The second-order valence-electron chi connectivity index (χ2n) is 7.11. The normalized spacial score (nSPS) is 10.2. The van der Waals surface area contributed by atoms with Crippen LogP contribution < -0.4 is 20.9 Å². The Morgan fingerprint density at radius 1 is 1.03 bits per heavy atom. The number of nitrogens with zero attached hydrogens (tertiary/aromatic N) is 2. The van der Waals surface area contributed by atoms with E-state index >= 15 is 0 Å². The number of benzene rings is 3. The van der Waals surface area contributed by atoms with E-state index in [2.05, 4.69) is 20.6 Å². The maximum absolute atomic E-state index is 12.5. The first-order chi connectivity index (χ1) is 16.5. The van der Waals surface area contributed by atoms with Gasteiger partial charge in [-0.25, -0.2) is 4.98 Å². The van der Waals surface area contributed by atoms with Crippen molar-refractivity contribution in [3.8, 4) is 23.1 Å². The van der Waals surface area contributed by atoms with E-state index in [-0.39, 0.29) is 29.7 Å². The molecule has 34 heavy (non-hydrogen) atoms. The third-order valence-corrected chi connectivity index (χ3v) is 4.92. The molecule has 9 heteroatoms. The molecule has 0 spiro atoms. The molecule has 0 unspecified atom stereocenters. The molecule has 3 aromatic carbocycles. The zero-order valence-electron chi connectivity index (χ0n) is 17.7. The smallest absolute Gasteiger partial charge is 0.270 e. The van der Waals surface area contributed by atoms with Crippen LogP contribution in [0.15, 0.2) is 83.7 Å². The zero-order chi connectivity index (χ0) is 23.9. The number of halogens is 1. The van der Waals surface area contributed by atoms with Crippen molar-refractivity contribution in [3.63, 3.8) is 0 Å². The molecular weight excluding hydrogens is 454 g/mol. The van der Waals surface area contributed by atoms with Gasteiger partial charge in [-0.05, 0) is 48.5 Å². The Bertz CT molecular complexity index is 1410. The summed E-state index contributed by atoms with van der Waals surface area (Å²) in [5.41, 5.74) is 1.06. The van der Waals surface area contributed by atoms with Crippen LogP contribution in [0.4, 0.5) is 17.3 Å². The number of amides is 1. The van der Waals surface area contributed by atoms with Gasteiger partial charge in [-0.3, -0.25) is 14.6 Å². The van der Waals surface area contributed by atoms with Crippen molar-refractivity contribution in [1.82, 2.24) is 9.97 Å². The minimum Gasteiger partial charge on any atom is -0.484 e. The summed E-state index contributed by atoms with van der Waals surface area (Å²) in [6, 6.07) is 24.5. The van der Waals surface area contributed by atoms with E-state index in [4.69, 9.17) is 16.3 Å². The molecule has 4 rings (SSSR count). The van der Waals surface area contributed by atoms with Crippen LogP contribution in [0.1, 0.15) is 5.56 Å². The quantitative estimate of drug-likeness (QED) is 0.358. The van der Waals surface area contributed by atoms with Gasteiger partial charge in [0.15, 0.2) is 6.61 Å². The Morgan fingerprint density at radius 2 is 1.79 bits per heavy atom. The predicted octanol–water partition coefficient (Wildman–Crippen LogP) is 4.72. The van der Waals surface area contributed by atoms with Crippen LogP contribution in [0.3, 0.4) is 0 Å².